The first-order chi connectivity index (χ1) is 7.05. The van der Waals surface area contributed by atoms with Crippen molar-refractivity contribution in [2.75, 3.05) is 11.9 Å². The maximum Gasteiger partial charge on any atom is 0.162 e. The van der Waals surface area contributed by atoms with Crippen molar-refractivity contribution in [1.82, 2.24) is 4.98 Å². The smallest absolute Gasteiger partial charge is 0.162 e. The van der Waals surface area contributed by atoms with E-state index in [0.717, 1.165) is 23.2 Å². The lowest BCUT2D eigenvalue weighted by Gasteiger charge is -2.13. The number of anilines is 1. The molecule has 0 saturated heterocycles. The molecule has 3 nitrogen and oxygen atoms in total. The van der Waals surface area contributed by atoms with Crippen molar-refractivity contribution < 1.29 is 0 Å². The molecular weight excluding hydrogens is 206 g/mol. The molecule has 0 unspecified atom stereocenters. The molecule has 0 aliphatic carbocycles. The molecule has 0 saturated carbocycles. The van der Waals surface area contributed by atoms with Gasteiger partial charge in [-0.15, -0.1) is 0 Å². The van der Waals surface area contributed by atoms with Crippen LogP contribution in [-0.2, 0) is 0 Å². The van der Waals surface area contributed by atoms with Gasteiger partial charge in [0.25, 0.3) is 0 Å². The molecule has 2 rings (SSSR count). The normalized spacial score (nSPS) is 18.7. The average Bonchev–Trinajstić information content (AvgIpc) is 2.45. The molecule has 0 radical (unpaired) electrons. The number of aromatic nitrogens is 1. The summed E-state index contributed by atoms with van der Waals surface area (Å²) >= 11 is 1.77. The Bertz CT molecular complexity index is 399. The van der Waals surface area contributed by atoms with Crippen LogP contribution in [0.1, 0.15) is 19.5 Å². The molecule has 1 aromatic heterocycles. The van der Waals surface area contributed by atoms with E-state index in [4.69, 9.17) is 0 Å². The number of pyridine rings is 1. The molecule has 0 aromatic carbocycles. The second-order valence-electron chi connectivity index (χ2n) is 4.27. The van der Waals surface area contributed by atoms with Crippen molar-refractivity contribution in [2.45, 2.75) is 25.5 Å². The van der Waals surface area contributed by atoms with E-state index in [9.17, 15) is 0 Å². The largest absolute Gasteiger partial charge is 0.320 e. The van der Waals surface area contributed by atoms with Crippen LogP contribution in [0.2, 0.25) is 0 Å². The van der Waals surface area contributed by atoms with Gasteiger partial charge in [0.1, 0.15) is 5.82 Å². The van der Waals surface area contributed by atoms with Crippen molar-refractivity contribution in [3.05, 3.63) is 23.9 Å². The number of nitrogens with one attached hydrogen (secondary N) is 1. The third-order valence-corrected chi connectivity index (χ3v) is 3.21. The first kappa shape index (κ1) is 10.5. The van der Waals surface area contributed by atoms with Gasteiger partial charge in [-0.25, -0.2) is 4.98 Å². The van der Waals surface area contributed by atoms with E-state index in [-0.39, 0.29) is 4.75 Å². The number of nitrogens with zero attached hydrogens (tertiary/aromatic N) is 2. The molecule has 1 aliphatic heterocycles. The second kappa shape index (κ2) is 3.85. The van der Waals surface area contributed by atoms with E-state index in [2.05, 4.69) is 29.1 Å². The summed E-state index contributed by atoms with van der Waals surface area (Å²) in [4.78, 5) is 8.82. The lowest BCUT2D eigenvalue weighted by atomic mass is 10.2. The zero-order valence-corrected chi connectivity index (χ0v) is 10.1. The molecule has 0 bridgehead atoms. The summed E-state index contributed by atoms with van der Waals surface area (Å²) < 4.78 is 0.214. The van der Waals surface area contributed by atoms with Crippen LogP contribution in [0.4, 0.5) is 5.82 Å². The van der Waals surface area contributed by atoms with Crippen LogP contribution in [0.15, 0.2) is 23.2 Å². The molecular formula is C11H15N3S. The zero-order chi connectivity index (χ0) is 10.9. The van der Waals surface area contributed by atoms with E-state index in [1.165, 1.54) is 0 Å². The Morgan fingerprint density at radius 1 is 1.40 bits per heavy atom. The van der Waals surface area contributed by atoms with Gasteiger partial charge in [0, 0.05) is 10.4 Å². The van der Waals surface area contributed by atoms with Gasteiger partial charge in [-0.1, -0.05) is 17.8 Å². The topological polar surface area (TPSA) is 37.3 Å². The van der Waals surface area contributed by atoms with E-state index < -0.39 is 0 Å². The maximum atomic E-state index is 4.44. The van der Waals surface area contributed by atoms with Gasteiger partial charge in [-0.2, -0.15) is 0 Å². The van der Waals surface area contributed by atoms with Crippen LogP contribution < -0.4 is 5.32 Å². The summed E-state index contributed by atoms with van der Waals surface area (Å²) in [6.07, 6.45) is 0. The highest BCUT2D eigenvalue weighted by atomic mass is 32.2. The van der Waals surface area contributed by atoms with Crippen molar-refractivity contribution in [2.24, 2.45) is 4.99 Å². The summed E-state index contributed by atoms with van der Waals surface area (Å²) in [7, 11) is 0. The number of thioether (sulfide) groups is 1. The zero-order valence-electron chi connectivity index (χ0n) is 9.24. The standard InChI is InChI=1S/C11H15N3S/c1-8-5-4-6-9(13-8)14-10-12-7-11(2,3)15-10/h4-6H,7H2,1-3H3,(H,12,13,14). The molecule has 4 heteroatoms. The van der Waals surface area contributed by atoms with Gasteiger partial charge in [-0.05, 0) is 32.9 Å². The molecule has 0 spiro atoms. The van der Waals surface area contributed by atoms with Gasteiger partial charge >= 0.3 is 0 Å². The minimum Gasteiger partial charge on any atom is -0.320 e. The summed E-state index contributed by atoms with van der Waals surface area (Å²) in [5.41, 5.74) is 1.02. The summed E-state index contributed by atoms with van der Waals surface area (Å²) in [6.45, 7) is 7.24. The van der Waals surface area contributed by atoms with Crippen molar-refractivity contribution in [1.29, 1.82) is 0 Å². The summed E-state index contributed by atoms with van der Waals surface area (Å²) in [5.74, 6) is 0.874. The molecule has 1 aromatic rings. The van der Waals surface area contributed by atoms with Gasteiger partial charge in [0.05, 0.1) is 6.54 Å². The van der Waals surface area contributed by atoms with Crippen LogP contribution in [0.25, 0.3) is 0 Å². The molecule has 2 heterocycles. The highest BCUT2D eigenvalue weighted by Crippen LogP contribution is 2.31. The fourth-order valence-corrected chi connectivity index (χ4v) is 2.31. The predicted molar refractivity (Wildman–Crippen MR) is 66.6 cm³/mol. The van der Waals surface area contributed by atoms with Crippen molar-refractivity contribution >= 4 is 22.7 Å². The number of aryl methyl sites for hydroxylation is 1. The van der Waals surface area contributed by atoms with E-state index >= 15 is 0 Å². The van der Waals surface area contributed by atoms with Crippen LogP contribution in [0, 0.1) is 6.92 Å². The van der Waals surface area contributed by atoms with E-state index in [0.29, 0.717) is 0 Å². The molecule has 0 fully saturated rings. The molecule has 15 heavy (non-hydrogen) atoms. The van der Waals surface area contributed by atoms with Crippen molar-refractivity contribution in [3.8, 4) is 0 Å². The minimum atomic E-state index is 0.214. The fraction of sp³-hybridized carbons (Fsp3) is 0.455. The Balaban J connectivity index is 2.05. The number of aliphatic imine (C=N–C) groups is 1. The molecule has 0 amide bonds. The maximum absolute atomic E-state index is 4.44. The van der Waals surface area contributed by atoms with Crippen LogP contribution in [0.5, 0.6) is 0 Å². The number of rotatable bonds is 1. The Kier molecular flexibility index (Phi) is 2.69. The number of hydrogen-bond acceptors (Lipinski definition) is 4. The molecule has 0 atom stereocenters. The quantitative estimate of drug-likeness (QED) is 0.792. The third-order valence-electron chi connectivity index (χ3n) is 2.10. The summed E-state index contributed by atoms with van der Waals surface area (Å²) in [5, 5.41) is 4.21. The second-order valence-corrected chi connectivity index (χ2v) is 5.97. The fourth-order valence-electron chi connectivity index (χ4n) is 1.38. The highest BCUT2D eigenvalue weighted by Gasteiger charge is 2.27. The number of hydrogen-bond donors (Lipinski definition) is 1. The number of amidine groups is 1. The Morgan fingerprint density at radius 3 is 2.80 bits per heavy atom. The van der Waals surface area contributed by atoms with Crippen molar-refractivity contribution in [3.63, 3.8) is 0 Å². The van der Waals surface area contributed by atoms with E-state index in [1.54, 1.807) is 11.8 Å². The van der Waals surface area contributed by atoms with Gasteiger partial charge in [0.15, 0.2) is 5.17 Å². The van der Waals surface area contributed by atoms with Gasteiger partial charge in [0.2, 0.25) is 0 Å². The SMILES string of the molecule is Cc1cccc(NC2=NCC(C)(C)S2)n1. The predicted octanol–water partition coefficient (Wildman–Crippen LogP) is 2.68. The molecule has 80 valence electrons. The van der Waals surface area contributed by atoms with Crippen LogP contribution >= 0.6 is 11.8 Å². The first-order valence-electron chi connectivity index (χ1n) is 4.99. The minimum absolute atomic E-state index is 0.214. The Morgan fingerprint density at radius 2 is 2.20 bits per heavy atom. The van der Waals surface area contributed by atoms with Gasteiger partial charge in [-0.3, -0.25) is 4.99 Å². The lowest BCUT2D eigenvalue weighted by Crippen LogP contribution is -2.16. The molecule has 1 N–H and O–H groups in total. The first-order valence-corrected chi connectivity index (χ1v) is 5.81. The monoisotopic (exact) mass is 221 g/mol. The van der Waals surface area contributed by atoms with E-state index in [1.807, 2.05) is 25.1 Å². The highest BCUT2D eigenvalue weighted by molar-refractivity contribution is 8.15. The lowest BCUT2D eigenvalue weighted by molar-refractivity contribution is 0.741. The molecule has 1 aliphatic rings. The van der Waals surface area contributed by atoms with Crippen LogP contribution in [0.3, 0.4) is 0 Å². The Hall–Kier alpha value is -1.03. The Labute approximate surface area is 94.4 Å². The third kappa shape index (κ3) is 2.72. The van der Waals surface area contributed by atoms with Gasteiger partial charge < -0.3 is 5.32 Å². The summed E-state index contributed by atoms with van der Waals surface area (Å²) in [6, 6.07) is 5.94. The average molecular weight is 221 g/mol. The van der Waals surface area contributed by atoms with Crippen LogP contribution in [-0.4, -0.2) is 21.4 Å².